The zero-order valence-electron chi connectivity index (χ0n) is 15.9. The number of hydrogen-bond donors (Lipinski definition) is 2. The number of hydrogen-bond acceptors (Lipinski definition) is 4. The maximum atomic E-state index is 12.3. The summed E-state index contributed by atoms with van der Waals surface area (Å²) in [7, 11) is 0. The van der Waals surface area contributed by atoms with Crippen LogP contribution in [-0.4, -0.2) is 47.2 Å². The largest absolute Gasteiger partial charge is 0.354 e. The van der Waals surface area contributed by atoms with E-state index in [9.17, 15) is 14.4 Å². The molecule has 1 atom stereocenters. The molecule has 146 valence electrons. The van der Waals surface area contributed by atoms with E-state index in [-0.39, 0.29) is 30.1 Å². The van der Waals surface area contributed by atoms with E-state index in [4.69, 9.17) is 0 Å². The summed E-state index contributed by atoms with van der Waals surface area (Å²) in [6, 6.07) is 11.4. The van der Waals surface area contributed by atoms with Crippen LogP contribution in [0.3, 0.4) is 0 Å². The molecule has 0 saturated carbocycles. The Labute approximate surface area is 164 Å². The first-order valence-electron chi connectivity index (χ1n) is 9.32. The van der Waals surface area contributed by atoms with Crippen molar-refractivity contribution in [1.82, 2.24) is 20.5 Å². The number of carbonyl (C=O) groups is 3. The van der Waals surface area contributed by atoms with Crippen LogP contribution in [0.2, 0.25) is 0 Å². The summed E-state index contributed by atoms with van der Waals surface area (Å²) in [5, 5.41) is 5.52. The van der Waals surface area contributed by atoms with Gasteiger partial charge in [-0.15, -0.1) is 0 Å². The highest BCUT2D eigenvalue weighted by Crippen LogP contribution is 2.20. The van der Waals surface area contributed by atoms with E-state index < -0.39 is 0 Å². The van der Waals surface area contributed by atoms with Crippen molar-refractivity contribution < 1.29 is 14.4 Å². The number of rotatable bonds is 7. The number of amides is 3. The Morgan fingerprint density at radius 2 is 1.89 bits per heavy atom. The lowest BCUT2D eigenvalue weighted by Crippen LogP contribution is -2.38. The molecular weight excluding hydrogens is 356 g/mol. The molecule has 1 fully saturated rings. The number of nitrogens with one attached hydrogen (secondary N) is 2. The highest BCUT2D eigenvalue weighted by Gasteiger charge is 2.33. The first-order chi connectivity index (χ1) is 13.5. The summed E-state index contributed by atoms with van der Waals surface area (Å²) in [4.78, 5) is 42.1. The molecule has 2 N–H and O–H groups in total. The van der Waals surface area contributed by atoms with Gasteiger partial charge in [-0.2, -0.15) is 0 Å². The number of aromatic nitrogens is 1. The monoisotopic (exact) mass is 380 g/mol. The van der Waals surface area contributed by atoms with Gasteiger partial charge in [-0.25, -0.2) is 0 Å². The van der Waals surface area contributed by atoms with Gasteiger partial charge in [0.1, 0.15) is 0 Å². The Kier molecular flexibility index (Phi) is 6.37. The summed E-state index contributed by atoms with van der Waals surface area (Å²) >= 11 is 0. The predicted octanol–water partition coefficient (Wildman–Crippen LogP) is 1.28. The molecule has 7 nitrogen and oxygen atoms in total. The molecule has 0 unspecified atom stereocenters. The van der Waals surface area contributed by atoms with Gasteiger partial charge in [0.25, 0.3) is 5.91 Å². The third-order valence-electron chi connectivity index (χ3n) is 4.71. The van der Waals surface area contributed by atoms with Crippen molar-refractivity contribution in [3.63, 3.8) is 0 Å². The second-order valence-electron chi connectivity index (χ2n) is 6.95. The molecule has 2 aromatic rings. The van der Waals surface area contributed by atoms with Crippen molar-refractivity contribution in [2.24, 2.45) is 5.92 Å². The molecule has 3 amide bonds. The fraction of sp³-hybridized carbons (Fsp3) is 0.333. The molecule has 1 aromatic carbocycles. The summed E-state index contributed by atoms with van der Waals surface area (Å²) in [5.74, 6) is -0.754. The number of benzene rings is 1. The van der Waals surface area contributed by atoms with E-state index in [1.165, 1.54) is 11.8 Å². The van der Waals surface area contributed by atoms with Crippen LogP contribution in [0.15, 0.2) is 48.8 Å². The van der Waals surface area contributed by atoms with E-state index >= 15 is 0 Å². The van der Waals surface area contributed by atoms with Gasteiger partial charge >= 0.3 is 0 Å². The van der Waals surface area contributed by atoms with Crippen LogP contribution < -0.4 is 10.6 Å². The Morgan fingerprint density at radius 3 is 2.61 bits per heavy atom. The first kappa shape index (κ1) is 19.5. The second kappa shape index (κ2) is 9.12. The van der Waals surface area contributed by atoms with Crippen molar-refractivity contribution in [2.45, 2.75) is 19.9 Å². The van der Waals surface area contributed by atoms with Crippen LogP contribution >= 0.6 is 0 Å². The van der Waals surface area contributed by atoms with Gasteiger partial charge in [0.05, 0.1) is 11.5 Å². The van der Waals surface area contributed by atoms with Crippen LogP contribution in [0, 0.1) is 12.8 Å². The van der Waals surface area contributed by atoms with E-state index in [2.05, 4.69) is 15.6 Å². The number of aryl methyl sites for hydroxylation is 1. The first-order valence-corrected chi connectivity index (χ1v) is 9.32. The topological polar surface area (TPSA) is 91.4 Å². The van der Waals surface area contributed by atoms with Gasteiger partial charge < -0.3 is 15.5 Å². The van der Waals surface area contributed by atoms with Crippen molar-refractivity contribution in [3.05, 3.63) is 65.5 Å². The lowest BCUT2D eigenvalue weighted by Gasteiger charge is -2.17. The lowest BCUT2D eigenvalue weighted by molar-refractivity contribution is -0.129. The van der Waals surface area contributed by atoms with Crippen molar-refractivity contribution in [1.29, 1.82) is 0 Å². The molecule has 0 aliphatic carbocycles. The molecule has 0 spiro atoms. The third kappa shape index (κ3) is 5.16. The third-order valence-corrected chi connectivity index (χ3v) is 4.71. The number of pyridine rings is 1. The van der Waals surface area contributed by atoms with Gasteiger partial charge in [-0.3, -0.25) is 19.4 Å². The van der Waals surface area contributed by atoms with Gasteiger partial charge in [0, 0.05) is 45.0 Å². The fourth-order valence-corrected chi connectivity index (χ4v) is 3.12. The standard InChI is InChI=1S/C21H24N4O3/c1-15-4-6-16(7-5-15)13-25-14-18(11-19(25)26)21(28)24-10-9-23-20(27)17-3-2-8-22-12-17/h2-8,12,18H,9-11,13-14H2,1H3,(H,23,27)(H,24,28)/t18-/m1/s1. The predicted molar refractivity (Wildman–Crippen MR) is 104 cm³/mol. The minimum Gasteiger partial charge on any atom is -0.354 e. The SMILES string of the molecule is Cc1ccc(CN2C[C@H](C(=O)NCCNC(=O)c3cccnc3)CC2=O)cc1. The zero-order chi connectivity index (χ0) is 19.9. The Balaban J connectivity index is 1.40. The molecule has 28 heavy (non-hydrogen) atoms. The van der Waals surface area contributed by atoms with Crippen LogP contribution in [0.4, 0.5) is 0 Å². The van der Waals surface area contributed by atoms with Gasteiger partial charge in [0.2, 0.25) is 11.8 Å². The van der Waals surface area contributed by atoms with E-state index in [0.29, 0.717) is 31.7 Å². The Hall–Kier alpha value is -3.22. The fourth-order valence-electron chi connectivity index (χ4n) is 3.12. The van der Waals surface area contributed by atoms with Crippen molar-refractivity contribution >= 4 is 17.7 Å². The van der Waals surface area contributed by atoms with Crippen molar-refractivity contribution in [2.75, 3.05) is 19.6 Å². The molecule has 3 rings (SSSR count). The molecule has 1 aliphatic rings. The Morgan fingerprint density at radius 1 is 1.14 bits per heavy atom. The number of likely N-dealkylation sites (tertiary alicyclic amines) is 1. The maximum Gasteiger partial charge on any atom is 0.252 e. The smallest absolute Gasteiger partial charge is 0.252 e. The Bertz CT molecular complexity index is 836. The van der Waals surface area contributed by atoms with Crippen LogP contribution in [-0.2, 0) is 16.1 Å². The summed E-state index contributed by atoms with van der Waals surface area (Å²) in [6.07, 6.45) is 3.31. The van der Waals surface area contributed by atoms with Gasteiger partial charge in [0.15, 0.2) is 0 Å². The van der Waals surface area contributed by atoms with E-state index in [0.717, 1.165) is 5.56 Å². The number of nitrogens with zero attached hydrogens (tertiary/aromatic N) is 2. The van der Waals surface area contributed by atoms with Crippen LogP contribution in [0.1, 0.15) is 27.9 Å². The molecular formula is C21H24N4O3. The van der Waals surface area contributed by atoms with Gasteiger partial charge in [-0.05, 0) is 24.6 Å². The quantitative estimate of drug-likeness (QED) is 0.708. The van der Waals surface area contributed by atoms with E-state index in [1.807, 2.05) is 31.2 Å². The molecule has 1 aliphatic heterocycles. The van der Waals surface area contributed by atoms with Crippen molar-refractivity contribution in [3.8, 4) is 0 Å². The lowest BCUT2D eigenvalue weighted by atomic mass is 10.1. The zero-order valence-corrected chi connectivity index (χ0v) is 15.9. The second-order valence-corrected chi connectivity index (χ2v) is 6.95. The molecule has 1 aromatic heterocycles. The summed E-state index contributed by atoms with van der Waals surface area (Å²) in [6.45, 7) is 3.58. The average Bonchev–Trinajstić information content (AvgIpc) is 3.08. The highest BCUT2D eigenvalue weighted by atomic mass is 16.2. The normalized spacial score (nSPS) is 16.1. The molecule has 0 radical (unpaired) electrons. The van der Waals surface area contributed by atoms with Gasteiger partial charge in [-0.1, -0.05) is 29.8 Å². The molecule has 1 saturated heterocycles. The maximum absolute atomic E-state index is 12.3. The highest BCUT2D eigenvalue weighted by molar-refractivity contribution is 5.93. The summed E-state index contributed by atoms with van der Waals surface area (Å²) in [5.41, 5.74) is 2.70. The molecule has 7 heteroatoms. The minimum atomic E-state index is -0.355. The number of carbonyl (C=O) groups excluding carboxylic acids is 3. The summed E-state index contributed by atoms with van der Waals surface area (Å²) < 4.78 is 0. The average molecular weight is 380 g/mol. The van der Waals surface area contributed by atoms with Crippen LogP contribution in [0.5, 0.6) is 0 Å². The van der Waals surface area contributed by atoms with Crippen LogP contribution in [0.25, 0.3) is 0 Å². The molecule has 0 bridgehead atoms. The minimum absolute atomic E-state index is 0.00870. The van der Waals surface area contributed by atoms with E-state index in [1.54, 1.807) is 23.2 Å². The molecule has 2 heterocycles.